The zero-order valence-electron chi connectivity index (χ0n) is 22.3. The van der Waals surface area contributed by atoms with Crippen molar-refractivity contribution in [1.29, 1.82) is 0 Å². The SMILES string of the molecule is CO[C@@H](C(C)C)[C@@H](C)[C+]=C(C)C[C@H](C)CO[Si](c1ccccc1)(c1ccccc1)C(C)(C)C. The van der Waals surface area contributed by atoms with Gasteiger partial charge in [0.05, 0.1) is 0 Å². The van der Waals surface area contributed by atoms with Gasteiger partial charge >= 0.3 is 0 Å². The van der Waals surface area contributed by atoms with Crippen LogP contribution in [-0.4, -0.2) is 28.1 Å². The molecule has 33 heavy (non-hydrogen) atoms. The third kappa shape index (κ3) is 6.87. The molecular weight excluding hydrogens is 420 g/mol. The molecule has 0 fully saturated rings. The second kappa shape index (κ2) is 12.1. The Morgan fingerprint density at radius 1 is 0.879 bits per heavy atom. The van der Waals surface area contributed by atoms with Crippen LogP contribution in [0.15, 0.2) is 66.2 Å². The Hall–Kier alpha value is -1.77. The molecule has 0 heterocycles. The highest BCUT2D eigenvalue weighted by Crippen LogP contribution is 2.37. The van der Waals surface area contributed by atoms with Crippen molar-refractivity contribution in [3.05, 3.63) is 72.3 Å². The standard InChI is InChI=1S/C30H45O2Si/c1-23(2)29(31-9)26(5)21-24(3)20-25(4)22-32-33(30(6,7)8,27-16-12-10-13-17-27)28-18-14-11-15-19-28/h10-19,23,25-26,29H,20,22H2,1-9H3/q+1/t25-,26-,29-/m0/s1. The average Bonchev–Trinajstić information content (AvgIpc) is 2.74. The van der Waals surface area contributed by atoms with Crippen LogP contribution in [0.3, 0.4) is 0 Å². The fraction of sp³-hybridized carbons (Fsp3) is 0.533. The van der Waals surface area contributed by atoms with Crippen molar-refractivity contribution in [3.63, 3.8) is 0 Å². The van der Waals surface area contributed by atoms with E-state index in [-0.39, 0.29) is 17.1 Å². The van der Waals surface area contributed by atoms with Gasteiger partial charge in [-0.15, -0.1) is 0 Å². The molecule has 0 bridgehead atoms. The number of hydrogen-bond donors (Lipinski definition) is 0. The Bertz CT molecular complexity index is 812. The molecular formula is C30H45O2Si+. The van der Waals surface area contributed by atoms with Gasteiger partial charge in [-0.2, -0.15) is 0 Å². The van der Waals surface area contributed by atoms with E-state index in [1.54, 1.807) is 7.11 Å². The van der Waals surface area contributed by atoms with Crippen LogP contribution in [0.4, 0.5) is 0 Å². The van der Waals surface area contributed by atoms with E-state index < -0.39 is 8.32 Å². The first-order chi connectivity index (χ1) is 15.5. The first-order valence-corrected chi connectivity index (χ1v) is 14.3. The molecule has 180 valence electrons. The van der Waals surface area contributed by atoms with Crippen molar-refractivity contribution in [2.75, 3.05) is 13.7 Å². The maximum absolute atomic E-state index is 7.11. The zero-order chi connectivity index (χ0) is 24.6. The summed E-state index contributed by atoms with van der Waals surface area (Å²) in [6.45, 7) is 18.9. The molecule has 3 atom stereocenters. The van der Waals surface area contributed by atoms with E-state index in [2.05, 4.69) is 122 Å². The quantitative estimate of drug-likeness (QED) is 0.273. The molecule has 0 aliphatic carbocycles. The van der Waals surface area contributed by atoms with Crippen LogP contribution >= 0.6 is 0 Å². The fourth-order valence-corrected chi connectivity index (χ4v) is 9.88. The number of allylic oxidation sites excluding steroid dienone is 1. The summed E-state index contributed by atoms with van der Waals surface area (Å²) in [5.41, 5.74) is 1.30. The Morgan fingerprint density at radius 3 is 1.76 bits per heavy atom. The summed E-state index contributed by atoms with van der Waals surface area (Å²) in [6, 6.07) is 21.8. The van der Waals surface area contributed by atoms with Gasteiger partial charge < -0.3 is 9.16 Å². The smallest absolute Gasteiger partial charge is 0.261 e. The van der Waals surface area contributed by atoms with E-state index in [1.165, 1.54) is 15.9 Å². The normalized spacial score (nSPS) is 15.8. The van der Waals surface area contributed by atoms with Crippen LogP contribution in [0, 0.1) is 23.8 Å². The van der Waals surface area contributed by atoms with Crippen molar-refractivity contribution in [2.45, 2.75) is 73.0 Å². The van der Waals surface area contributed by atoms with Crippen LogP contribution in [0.5, 0.6) is 0 Å². The van der Waals surface area contributed by atoms with Crippen LogP contribution in [0.25, 0.3) is 0 Å². The second-order valence-electron chi connectivity index (χ2n) is 10.9. The minimum Gasteiger partial charge on any atom is -0.407 e. The van der Waals surface area contributed by atoms with Crippen molar-refractivity contribution < 1.29 is 9.16 Å². The first-order valence-electron chi connectivity index (χ1n) is 12.4. The van der Waals surface area contributed by atoms with E-state index in [0.717, 1.165) is 13.0 Å². The minimum absolute atomic E-state index is 0.00387. The zero-order valence-corrected chi connectivity index (χ0v) is 23.3. The summed E-state index contributed by atoms with van der Waals surface area (Å²) >= 11 is 0. The summed E-state index contributed by atoms with van der Waals surface area (Å²) in [5, 5.41) is 2.68. The van der Waals surface area contributed by atoms with Crippen molar-refractivity contribution in [3.8, 4) is 0 Å². The minimum atomic E-state index is -2.48. The molecule has 0 aromatic heterocycles. The summed E-state index contributed by atoms with van der Waals surface area (Å²) in [5.74, 6) is 1.16. The number of methoxy groups -OCH3 is 1. The topological polar surface area (TPSA) is 18.5 Å². The second-order valence-corrected chi connectivity index (χ2v) is 15.2. The van der Waals surface area contributed by atoms with Crippen LogP contribution in [0.1, 0.15) is 61.8 Å². The molecule has 0 aliphatic rings. The van der Waals surface area contributed by atoms with E-state index in [1.807, 2.05) is 0 Å². The van der Waals surface area contributed by atoms with Crippen LogP contribution in [-0.2, 0) is 9.16 Å². The molecule has 0 aliphatic heterocycles. The van der Waals surface area contributed by atoms with Gasteiger partial charge in [0.1, 0.15) is 6.10 Å². The van der Waals surface area contributed by atoms with Crippen LogP contribution in [0.2, 0.25) is 5.04 Å². The molecule has 0 saturated heterocycles. The van der Waals surface area contributed by atoms with Crippen molar-refractivity contribution in [2.24, 2.45) is 17.8 Å². The molecule has 2 rings (SSSR count). The number of benzene rings is 2. The molecule has 2 aromatic rings. The molecule has 3 heteroatoms. The highest BCUT2D eigenvalue weighted by molar-refractivity contribution is 6.99. The lowest BCUT2D eigenvalue weighted by Crippen LogP contribution is -2.66. The Labute approximate surface area is 204 Å². The Balaban J connectivity index is 2.27. The molecule has 0 spiro atoms. The number of hydrogen-bond acceptors (Lipinski definition) is 2. The molecule has 0 N–H and O–H groups in total. The van der Waals surface area contributed by atoms with Gasteiger partial charge in [-0.3, -0.25) is 0 Å². The summed E-state index contributed by atoms with van der Waals surface area (Å²) in [6.07, 6.45) is 4.86. The molecule has 2 nitrogen and oxygen atoms in total. The Morgan fingerprint density at radius 2 is 1.36 bits per heavy atom. The van der Waals surface area contributed by atoms with E-state index in [4.69, 9.17) is 9.16 Å². The summed E-state index contributed by atoms with van der Waals surface area (Å²) in [4.78, 5) is 0. The molecule has 0 radical (unpaired) electrons. The lowest BCUT2D eigenvalue weighted by atomic mass is 9.91. The third-order valence-electron chi connectivity index (χ3n) is 6.55. The van der Waals surface area contributed by atoms with Gasteiger partial charge in [-0.05, 0) is 34.2 Å². The van der Waals surface area contributed by atoms with Crippen LogP contribution < -0.4 is 10.4 Å². The average molecular weight is 466 g/mol. The largest absolute Gasteiger partial charge is 0.407 e. The van der Waals surface area contributed by atoms with E-state index in [0.29, 0.717) is 11.8 Å². The maximum atomic E-state index is 7.11. The predicted molar refractivity (Wildman–Crippen MR) is 145 cm³/mol. The van der Waals surface area contributed by atoms with Gasteiger partial charge in [0, 0.05) is 27.1 Å². The number of ether oxygens (including phenoxy) is 1. The molecule has 0 saturated carbocycles. The monoisotopic (exact) mass is 465 g/mol. The molecule has 0 unspecified atom stereocenters. The van der Waals surface area contributed by atoms with Crippen molar-refractivity contribution >= 4 is 18.7 Å². The summed E-state index contributed by atoms with van der Waals surface area (Å²) in [7, 11) is -0.679. The third-order valence-corrected chi connectivity index (χ3v) is 11.6. The number of rotatable bonds is 11. The molecule has 0 amide bonds. The van der Waals surface area contributed by atoms with Gasteiger partial charge in [0.15, 0.2) is 11.5 Å². The maximum Gasteiger partial charge on any atom is 0.261 e. The van der Waals surface area contributed by atoms with Gasteiger partial charge in [0.2, 0.25) is 6.08 Å². The van der Waals surface area contributed by atoms with E-state index in [9.17, 15) is 0 Å². The Kier molecular flexibility index (Phi) is 10.1. The lowest BCUT2D eigenvalue weighted by Gasteiger charge is -2.43. The predicted octanol–water partition coefficient (Wildman–Crippen LogP) is 6.65. The highest BCUT2D eigenvalue weighted by atomic mass is 28.4. The lowest BCUT2D eigenvalue weighted by molar-refractivity contribution is 0.0353. The van der Waals surface area contributed by atoms with Gasteiger partial charge in [-0.25, -0.2) is 0 Å². The van der Waals surface area contributed by atoms with Crippen molar-refractivity contribution in [1.82, 2.24) is 0 Å². The highest BCUT2D eigenvalue weighted by Gasteiger charge is 2.50. The van der Waals surface area contributed by atoms with E-state index >= 15 is 0 Å². The fourth-order valence-electron chi connectivity index (χ4n) is 5.19. The van der Waals surface area contributed by atoms with Gasteiger partial charge in [0.25, 0.3) is 8.32 Å². The molecule has 2 aromatic carbocycles. The van der Waals surface area contributed by atoms with Gasteiger partial charge in [-0.1, -0.05) is 102 Å². The summed E-state index contributed by atoms with van der Waals surface area (Å²) < 4.78 is 12.8. The first kappa shape index (κ1) is 27.5.